The lowest BCUT2D eigenvalue weighted by Gasteiger charge is -2.16. The highest BCUT2D eigenvalue weighted by atomic mass is 16.2. The van der Waals surface area contributed by atoms with Crippen LogP contribution in [-0.2, 0) is 29.6 Å². The normalized spacial score (nSPS) is 13.6. The van der Waals surface area contributed by atoms with Crippen molar-refractivity contribution in [3.63, 3.8) is 0 Å². The van der Waals surface area contributed by atoms with Crippen LogP contribution >= 0.6 is 0 Å². The van der Waals surface area contributed by atoms with Crippen molar-refractivity contribution in [2.75, 3.05) is 12.4 Å². The number of carbonyl (C=O) groups is 2. The van der Waals surface area contributed by atoms with Gasteiger partial charge in [0.25, 0.3) is 0 Å². The number of benzene rings is 1. The SMILES string of the molecule is CN(Cc1cc2ccccc2n1C)C(=O)C=Cc1cnc2c(c1)CCC(=O)N2. The Balaban J connectivity index is 1.45. The molecule has 1 aromatic carbocycles. The predicted octanol–water partition coefficient (Wildman–Crippen LogP) is 3.13. The minimum atomic E-state index is -0.0729. The van der Waals surface area contributed by atoms with Crippen LogP contribution in [0.2, 0.25) is 0 Å². The number of aryl methyl sites for hydroxylation is 2. The van der Waals surface area contributed by atoms with Crippen LogP contribution in [0.4, 0.5) is 5.82 Å². The van der Waals surface area contributed by atoms with Crippen LogP contribution in [0.5, 0.6) is 0 Å². The number of hydrogen-bond donors (Lipinski definition) is 1. The van der Waals surface area contributed by atoms with E-state index in [-0.39, 0.29) is 11.8 Å². The van der Waals surface area contributed by atoms with Gasteiger partial charge in [-0.2, -0.15) is 0 Å². The smallest absolute Gasteiger partial charge is 0.246 e. The topological polar surface area (TPSA) is 67.2 Å². The largest absolute Gasteiger partial charge is 0.346 e. The summed E-state index contributed by atoms with van der Waals surface area (Å²) >= 11 is 0. The number of rotatable bonds is 4. The fourth-order valence-corrected chi connectivity index (χ4v) is 3.48. The Kier molecular flexibility index (Phi) is 4.69. The molecule has 0 aliphatic carbocycles. The maximum Gasteiger partial charge on any atom is 0.246 e. The van der Waals surface area contributed by atoms with Crippen LogP contribution in [0.1, 0.15) is 23.2 Å². The molecule has 0 bridgehead atoms. The summed E-state index contributed by atoms with van der Waals surface area (Å²) in [6.07, 6.45) is 6.13. The van der Waals surface area contributed by atoms with Gasteiger partial charge in [-0.3, -0.25) is 9.59 Å². The molecule has 0 saturated heterocycles. The molecule has 4 rings (SSSR count). The first-order valence-electron chi connectivity index (χ1n) is 9.26. The monoisotopic (exact) mass is 374 g/mol. The summed E-state index contributed by atoms with van der Waals surface area (Å²) in [6, 6.07) is 12.3. The van der Waals surface area contributed by atoms with Gasteiger partial charge in [0, 0.05) is 44.0 Å². The van der Waals surface area contributed by atoms with Crippen molar-refractivity contribution in [2.45, 2.75) is 19.4 Å². The first-order chi connectivity index (χ1) is 13.5. The lowest BCUT2D eigenvalue weighted by atomic mass is 10.0. The van der Waals surface area contributed by atoms with Crippen molar-refractivity contribution in [1.82, 2.24) is 14.5 Å². The minimum absolute atomic E-state index is 0.00608. The van der Waals surface area contributed by atoms with Gasteiger partial charge in [0.15, 0.2) is 0 Å². The van der Waals surface area contributed by atoms with Gasteiger partial charge in [-0.25, -0.2) is 4.98 Å². The maximum atomic E-state index is 12.5. The van der Waals surface area contributed by atoms with E-state index in [9.17, 15) is 9.59 Å². The van der Waals surface area contributed by atoms with Gasteiger partial charge >= 0.3 is 0 Å². The molecule has 6 heteroatoms. The van der Waals surface area contributed by atoms with Crippen molar-refractivity contribution in [3.8, 4) is 0 Å². The molecular weight excluding hydrogens is 352 g/mol. The second kappa shape index (κ2) is 7.31. The third kappa shape index (κ3) is 3.53. The zero-order chi connectivity index (χ0) is 19.7. The molecular formula is C22H22N4O2. The number of aromatic nitrogens is 2. The molecule has 1 N–H and O–H groups in total. The minimum Gasteiger partial charge on any atom is -0.346 e. The first kappa shape index (κ1) is 18.0. The number of pyridine rings is 1. The molecule has 2 amide bonds. The quantitative estimate of drug-likeness (QED) is 0.714. The molecule has 142 valence electrons. The van der Waals surface area contributed by atoms with Gasteiger partial charge in [0.1, 0.15) is 5.82 Å². The molecule has 0 spiro atoms. The molecule has 0 radical (unpaired) electrons. The number of nitrogens with one attached hydrogen (secondary N) is 1. The number of para-hydroxylation sites is 1. The second-order valence-corrected chi connectivity index (χ2v) is 7.11. The van der Waals surface area contributed by atoms with Crippen molar-refractivity contribution in [1.29, 1.82) is 0 Å². The van der Waals surface area contributed by atoms with E-state index in [2.05, 4.69) is 33.1 Å². The molecule has 1 aliphatic heterocycles. The third-order valence-electron chi connectivity index (χ3n) is 5.11. The summed E-state index contributed by atoms with van der Waals surface area (Å²) in [5.41, 5.74) is 4.08. The number of likely N-dealkylation sites (N-methyl/N-ethyl adjacent to an activating group) is 1. The van der Waals surface area contributed by atoms with E-state index in [0.717, 1.165) is 22.3 Å². The standard InChI is InChI=1S/C22H22N4O2/c1-25(14-18-12-16-5-3-4-6-19(16)26(18)2)21(28)10-7-15-11-17-8-9-20(27)24-22(17)23-13-15/h3-7,10-13H,8-9,14H2,1-2H3,(H,23,24,27). The number of fused-ring (bicyclic) bond motifs is 2. The van der Waals surface area contributed by atoms with Gasteiger partial charge in [-0.15, -0.1) is 0 Å². The Hall–Kier alpha value is -3.41. The molecule has 0 atom stereocenters. The maximum absolute atomic E-state index is 12.5. The zero-order valence-electron chi connectivity index (χ0n) is 16.0. The fourth-order valence-electron chi connectivity index (χ4n) is 3.48. The van der Waals surface area contributed by atoms with Gasteiger partial charge in [-0.05, 0) is 47.2 Å². The van der Waals surface area contributed by atoms with E-state index >= 15 is 0 Å². The van der Waals surface area contributed by atoms with Crippen LogP contribution in [0.15, 0.2) is 48.7 Å². The summed E-state index contributed by atoms with van der Waals surface area (Å²) < 4.78 is 2.12. The summed E-state index contributed by atoms with van der Waals surface area (Å²) in [5.74, 6) is 0.539. The molecule has 1 aliphatic rings. The number of amides is 2. The third-order valence-corrected chi connectivity index (χ3v) is 5.11. The number of carbonyl (C=O) groups excluding carboxylic acids is 2. The molecule has 3 heterocycles. The first-order valence-corrected chi connectivity index (χ1v) is 9.26. The average Bonchev–Trinajstić information content (AvgIpc) is 3.01. The highest BCUT2D eigenvalue weighted by Gasteiger charge is 2.16. The van der Waals surface area contributed by atoms with E-state index in [1.807, 2.05) is 25.2 Å². The second-order valence-electron chi connectivity index (χ2n) is 7.11. The highest BCUT2D eigenvalue weighted by Crippen LogP contribution is 2.22. The fraction of sp³-hybridized carbons (Fsp3) is 0.227. The summed E-state index contributed by atoms with van der Waals surface area (Å²) in [7, 11) is 3.81. The number of hydrogen-bond acceptors (Lipinski definition) is 3. The van der Waals surface area contributed by atoms with E-state index in [1.54, 1.807) is 30.3 Å². The molecule has 0 fully saturated rings. The summed E-state index contributed by atoms with van der Waals surface area (Å²) in [5, 5.41) is 3.93. The van der Waals surface area contributed by atoms with Crippen LogP contribution in [0.25, 0.3) is 17.0 Å². The lowest BCUT2D eigenvalue weighted by Crippen LogP contribution is -2.25. The Morgan fingerprint density at radius 3 is 2.93 bits per heavy atom. The highest BCUT2D eigenvalue weighted by molar-refractivity contribution is 5.93. The van der Waals surface area contributed by atoms with Crippen molar-refractivity contribution in [2.24, 2.45) is 7.05 Å². The zero-order valence-corrected chi connectivity index (χ0v) is 16.0. The van der Waals surface area contributed by atoms with Crippen LogP contribution in [-0.4, -0.2) is 33.3 Å². The van der Waals surface area contributed by atoms with Crippen LogP contribution in [0, 0.1) is 0 Å². The summed E-state index contributed by atoms with van der Waals surface area (Å²) in [4.78, 5) is 29.9. The average molecular weight is 374 g/mol. The van der Waals surface area contributed by atoms with Gasteiger partial charge in [-0.1, -0.05) is 18.2 Å². The van der Waals surface area contributed by atoms with Gasteiger partial charge < -0.3 is 14.8 Å². The molecule has 0 saturated carbocycles. The van der Waals surface area contributed by atoms with Crippen LogP contribution < -0.4 is 5.32 Å². The van der Waals surface area contributed by atoms with E-state index < -0.39 is 0 Å². The van der Waals surface area contributed by atoms with Gasteiger partial charge in [0.2, 0.25) is 11.8 Å². The number of anilines is 1. The Labute approximate surface area is 163 Å². The van der Waals surface area contributed by atoms with Crippen molar-refractivity contribution >= 4 is 34.6 Å². The van der Waals surface area contributed by atoms with E-state index in [4.69, 9.17) is 0 Å². The van der Waals surface area contributed by atoms with E-state index in [1.165, 1.54) is 5.39 Å². The molecule has 6 nitrogen and oxygen atoms in total. The van der Waals surface area contributed by atoms with Crippen molar-refractivity contribution < 1.29 is 9.59 Å². The Morgan fingerprint density at radius 1 is 1.29 bits per heavy atom. The van der Waals surface area contributed by atoms with Crippen molar-refractivity contribution in [3.05, 3.63) is 65.5 Å². The molecule has 0 unspecified atom stereocenters. The Morgan fingerprint density at radius 2 is 2.11 bits per heavy atom. The van der Waals surface area contributed by atoms with Crippen LogP contribution in [0.3, 0.4) is 0 Å². The van der Waals surface area contributed by atoms with E-state index in [0.29, 0.717) is 25.2 Å². The molecule has 2 aromatic heterocycles. The number of nitrogens with zero attached hydrogens (tertiary/aromatic N) is 3. The van der Waals surface area contributed by atoms with Gasteiger partial charge in [0.05, 0.1) is 6.54 Å². The lowest BCUT2D eigenvalue weighted by molar-refractivity contribution is -0.125. The molecule has 28 heavy (non-hydrogen) atoms. The Bertz CT molecular complexity index is 1100. The predicted molar refractivity (Wildman–Crippen MR) is 110 cm³/mol. The molecule has 3 aromatic rings. The summed E-state index contributed by atoms with van der Waals surface area (Å²) in [6.45, 7) is 0.531.